The number of aryl methyl sites for hydroxylation is 2. The van der Waals surface area contributed by atoms with E-state index in [1.54, 1.807) is 20.0 Å². The van der Waals surface area contributed by atoms with Gasteiger partial charge in [0.25, 0.3) is 0 Å². The molecule has 2 heterocycles. The van der Waals surface area contributed by atoms with Crippen molar-refractivity contribution in [2.24, 2.45) is 7.05 Å². The fourth-order valence-corrected chi connectivity index (χ4v) is 4.21. The van der Waals surface area contributed by atoms with Crippen LogP contribution in [0.2, 0.25) is 0 Å². The summed E-state index contributed by atoms with van der Waals surface area (Å²) in [6.45, 7) is 1.78. The zero-order valence-electron chi connectivity index (χ0n) is 11.2. The van der Waals surface area contributed by atoms with Crippen LogP contribution in [-0.4, -0.2) is 23.2 Å². The molecule has 0 radical (unpaired) electrons. The van der Waals surface area contributed by atoms with Crippen molar-refractivity contribution in [3.05, 3.63) is 33.5 Å². The molecule has 0 aromatic carbocycles. The number of nitrogens with zero attached hydrogens (tertiary/aromatic N) is 3. The summed E-state index contributed by atoms with van der Waals surface area (Å²) in [6.07, 6.45) is -4.56. The van der Waals surface area contributed by atoms with E-state index in [0.29, 0.717) is 17.0 Å². The van der Waals surface area contributed by atoms with Crippen molar-refractivity contribution in [1.29, 1.82) is 0 Å². The lowest BCUT2D eigenvalue weighted by atomic mass is 10.4. The van der Waals surface area contributed by atoms with Crippen LogP contribution in [0.3, 0.4) is 0 Å². The predicted molar refractivity (Wildman–Crippen MR) is 71.4 cm³/mol. The average Bonchev–Trinajstić information content (AvgIpc) is 2.85. The molecule has 0 aliphatic rings. The molecule has 0 fully saturated rings. The molecule has 0 N–H and O–H groups in total. The monoisotopic (exact) mass is 339 g/mol. The number of alkyl halides is 3. The Morgan fingerprint density at radius 3 is 2.48 bits per heavy atom. The summed E-state index contributed by atoms with van der Waals surface area (Å²) in [5, 5.41) is 4.76. The molecule has 0 spiro atoms. The maximum atomic E-state index is 12.4. The van der Waals surface area contributed by atoms with Crippen LogP contribution in [0.25, 0.3) is 0 Å². The molecule has 10 heteroatoms. The first-order valence-electron chi connectivity index (χ1n) is 5.78. The third-order valence-electron chi connectivity index (χ3n) is 2.72. The van der Waals surface area contributed by atoms with E-state index in [1.165, 1.54) is 4.68 Å². The van der Waals surface area contributed by atoms with Gasteiger partial charge in [-0.05, 0) is 13.0 Å². The van der Waals surface area contributed by atoms with E-state index >= 15 is 0 Å². The van der Waals surface area contributed by atoms with Gasteiger partial charge in [0.05, 0.1) is 11.4 Å². The largest absolute Gasteiger partial charge is 0.434 e. The Morgan fingerprint density at radius 2 is 2.00 bits per heavy atom. The molecule has 0 bridgehead atoms. The molecule has 0 amide bonds. The molecule has 21 heavy (non-hydrogen) atoms. The molecule has 2 rings (SSSR count). The molecule has 0 saturated heterocycles. The quantitative estimate of drug-likeness (QED) is 0.857. The van der Waals surface area contributed by atoms with E-state index in [9.17, 15) is 21.6 Å². The first-order chi connectivity index (χ1) is 9.57. The normalized spacial score (nSPS) is 12.8. The van der Waals surface area contributed by atoms with Gasteiger partial charge in [0.1, 0.15) is 10.8 Å². The van der Waals surface area contributed by atoms with E-state index in [-0.39, 0.29) is 10.8 Å². The van der Waals surface area contributed by atoms with E-state index in [2.05, 4.69) is 10.1 Å². The van der Waals surface area contributed by atoms with Crippen LogP contribution >= 0.6 is 11.3 Å². The van der Waals surface area contributed by atoms with Crippen LogP contribution in [0.15, 0.2) is 11.4 Å². The molecule has 0 aliphatic carbocycles. The highest BCUT2D eigenvalue weighted by Crippen LogP contribution is 2.30. The molecular weight excluding hydrogens is 327 g/mol. The van der Waals surface area contributed by atoms with Gasteiger partial charge in [0.15, 0.2) is 15.5 Å². The number of thiazole rings is 1. The second-order valence-electron chi connectivity index (χ2n) is 4.56. The second-order valence-corrected chi connectivity index (χ2v) is 7.56. The van der Waals surface area contributed by atoms with Gasteiger partial charge in [-0.3, -0.25) is 4.68 Å². The molecule has 116 valence electrons. The van der Waals surface area contributed by atoms with E-state index < -0.39 is 27.5 Å². The summed E-state index contributed by atoms with van der Waals surface area (Å²) < 4.78 is 62.7. The summed E-state index contributed by atoms with van der Waals surface area (Å²) in [7, 11) is -1.94. The number of hydrogen-bond acceptors (Lipinski definition) is 5. The first kappa shape index (κ1) is 16.0. The molecule has 5 nitrogen and oxygen atoms in total. The topological polar surface area (TPSA) is 64.8 Å². The third-order valence-corrected chi connectivity index (χ3v) is 5.20. The minimum absolute atomic E-state index is 0.0741. The number of aromatic nitrogens is 3. The summed E-state index contributed by atoms with van der Waals surface area (Å²) in [6, 6.07) is 1.63. The minimum Gasteiger partial charge on any atom is -0.273 e. The van der Waals surface area contributed by atoms with Crippen molar-refractivity contribution in [1.82, 2.24) is 14.8 Å². The van der Waals surface area contributed by atoms with Gasteiger partial charge >= 0.3 is 6.18 Å². The Labute approximate surface area is 123 Å². The van der Waals surface area contributed by atoms with Crippen molar-refractivity contribution in [2.45, 2.75) is 24.6 Å². The first-order valence-corrected chi connectivity index (χ1v) is 8.48. The van der Waals surface area contributed by atoms with Crippen LogP contribution in [0, 0.1) is 6.92 Å². The smallest absolute Gasteiger partial charge is 0.273 e. The lowest BCUT2D eigenvalue weighted by molar-refractivity contribution is -0.140. The lowest BCUT2D eigenvalue weighted by Gasteiger charge is -2.01. The Hall–Kier alpha value is -1.42. The average molecular weight is 339 g/mol. The van der Waals surface area contributed by atoms with E-state index in [4.69, 9.17) is 0 Å². The molecule has 0 unspecified atom stereocenters. The SMILES string of the molecule is Cc1cc(CS(=O)(=O)Cc2nc(C(F)(F)F)cs2)nn1C. The Kier molecular flexibility index (Phi) is 4.11. The Balaban J connectivity index is 2.12. The van der Waals surface area contributed by atoms with Crippen LogP contribution in [-0.2, 0) is 34.6 Å². The highest BCUT2D eigenvalue weighted by molar-refractivity contribution is 7.89. The Bertz CT molecular complexity index is 728. The fourth-order valence-electron chi connectivity index (χ4n) is 1.68. The summed E-state index contributed by atoms with van der Waals surface area (Å²) in [5.74, 6) is -0.848. The van der Waals surface area contributed by atoms with Crippen LogP contribution in [0.5, 0.6) is 0 Å². The van der Waals surface area contributed by atoms with Gasteiger partial charge in [-0.1, -0.05) is 0 Å². The molecule has 0 aliphatic heterocycles. The highest BCUT2D eigenvalue weighted by Gasteiger charge is 2.34. The number of hydrogen-bond donors (Lipinski definition) is 0. The molecule has 2 aromatic rings. The maximum Gasteiger partial charge on any atom is 0.434 e. The predicted octanol–water partition coefficient (Wildman–Crippen LogP) is 2.32. The summed E-state index contributed by atoms with van der Waals surface area (Å²) in [4.78, 5) is 3.32. The number of rotatable bonds is 4. The van der Waals surface area contributed by atoms with Crippen molar-refractivity contribution in [2.75, 3.05) is 0 Å². The van der Waals surface area contributed by atoms with Crippen molar-refractivity contribution in [3.63, 3.8) is 0 Å². The second kappa shape index (κ2) is 5.41. The van der Waals surface area contributed by atoms with Crippen molar-refractivity contribution >= 4 is 21.2 Å². The number of halogens is 3. The molecule has 0 saturated carbocycles. The van der Waals surface area contributed by atoms with Crippen LogP contribution in [0.4, 0.5) is 13.2 Å². The van der Waals surface area contributed by atoms with Crippen molar-refractivity contribution in [3.8, 4) is 0 Å². The van der Waals surface area contributed by atoms with Gasteiger partial charge < -0.3 is 0 Å². The van der Waals surface area contributed by atoms with Gasteiger partial charge in [0.2, 0.25) is 0 Å². The summed E-state index contributed by atoms with van der Waals surface area (Å²) >= 11 is 0.686. The van der Waals surface area contributed by atoms with E-state index in [1.807, 2.05) is 0 Å². The molecule has 0 atom stereocenters. The minimum atomic E-state index is -4.56. The fraction of sp³-hybridized carbons (Fsp3) is 0.455. The van der Waals surface area contributed by atoms with Gasteiger partial charge in [-0.15, -0.1) is 11.3 Å². The van der Waals surface area contributed by atoms with Crippen LogP contribution < -0.4 is 0 Å². The molecule has 2 aromatic heterocycles. The van der Waals surface area contributed by atoms with Crippen LogP contribution in [0.1, 0.15) is 22.1 Å². The third kappa shape index (κ3) is 4.03. The Morgan fingerprint density at radius 1 is 1.33 bits per heavy atom. The van der Waals surface area contributed by atoms with Crippen molar-refractivity contribution < 1.29 is 21.6 Å². The van der Waals surface area contributed by atoms with Gasteiger partial charge in [0, 0.05) is 18.1 Å². The molecular formula is C11H12F3N3O2S2. The number of sulfone groups is 1. The highest BCUT2D eigenvalue weighted by atomic mass is 32.2. The van der Waals surface area contributed by atoms with Gasteiger partial charge in [-0.2, -0.15) is 18.3 Å². The van der Waals surface area contributed by atoms with Gasteiger partial charge in [-0.25, -0.2) is 13.4 Å². The summed E-state index contributed by atoms with van der Waals surface area (Å²) in [5.41, 5.74) is 0.0998. The standard InChI is InChI=1S/C11H12F3N3O2S2/c1-7-3-8(16-17(7)2)5-21(18,19)6-10-15-9(4-20-10)11(12,13)14/h3-4H,5-6H2,1-2H3. The zero-order valence-corrected chi connectivity index (χ0v) is 12.8. The van der Waals surface area contributed by atoms with E-state index in [0.717, 1.165) is 11.1 Å². The maximum absolute atomic E-state index is 12.4. The zero-order chi connectivity index (χ0) is 15.8. The lowest BCUT2D eigenvalue weighted by Crippen LogP contribution is -2.10.